The van der Waals surface area contributed by atoms with Crippen molar-refractivity contribution in [3.05, 3.63) is 145 Å². The lowest BCUT2D eigenvalue weighted by Gasteiger charge is -2.61. The fourth-order valence-electron chi connectivity index (χ4n) is 15.1. The SMILES string of the molecule is CC(C)CCCCC1CCC2C3CCC4CC(c5ccc(-c6nc(-c7ccccc7)nc(-c7cc(-n8c9ccccc9c9ccccc98)c8ccccc8c7)n6)cc5)CCC4(C)C3CCC12C. The Morgan fingerprint density at radius 2 is 1.16 bits per heavy atom. The van der Waals surface area contributed by atoms with Gasteiger partial charge in [-0.3, -0.25) is 0 Å². The van der Waals surface area contributed by atoms with E-state index in [4.69, 9.17) is 15.0 Å². The molecule has 4 nitrogen and oxygen atoms in total. The van der Waals surface area contributed by atoms with Crippen LogP contribution in [0.2, 0.25) is 0 Å². The minimum absolute atomic E-state index is 0.495. The molecule has 67 heavy (non-hydrogen) atoms. The fraction of sp³-hybridized carbons (Fsp3) is 0.413. The highest BCUT2D eigenvalue weighted by Gasteiger charge is 2.60. The number of para-hydroxylation sites is 2. The van der Waals surface area contributed by atoms with Crippen molar-refractivity contribution >= 4 is 32.6 Å². The van der Waals surface area contributed by atoms with Crippen LogP contribution in [0.4, 0.5) is 0 Å². The molecule has 0 spiro atoms. The van der Waals surface area contributed by atoms with Crippen molar-refractivity contribution in [3.63, 3.8) is 0 Å². The van der Waals surface area contributed by atoms with E-state index in [2.05, 4.69) is 172 Å². The number of benzene rings is 6. The standard InChI is InChI=1S/C63H68N4/c1-41(2)16-8-10-20-48-31-33-54-53-32-30-49-39-45(34-36-63(49,4)55(53)35-37-62(48,54)3)42-26-28-44(29-27-42)60-64-59(43-17-6-5-7-18-43)65-61(66-60)47-38-46-19-9-11-21-50(46)58(40-47)67-56-24-14-12-22-51(56)52-23-13-15-25-57(52)67/h5-7,9,11-15,17-19,21-29,38,40-41,45,48-49,53-55H,8,10,16,20,30-37,39H2,1-4H3. The lowest BCUT2D eigenvalue weighted by atomic mass is 9.44. The molecule has 8 aromatic rings. The summed E-state index contributed by atoms with van der Waals surface area (Å²) in [6, 6.07) is 50.5. The Balaban J connectivity index is 0.830. The second-order valence-electron chi connectivity index (χ2n) is 22.5. The first-order chi connectivity index (χ1) is 32.7. The van der Waals surface area contributed by atoms with Crippen LogP contribution < -0.4 is 0 Å². The Bertz CT molecular complexity index is 3020. The van der Waals surface area contributed by atoms with Gasteiger partial charge in [0.2, 0.25) is 0 Å². The van der Waals surface area contributed by atoms with Crippen LogP contribution in [0, 0.1) is 46.3 Å². The summed E-state index contributed by atoms with van der Waals surface area (Å²) in [5.74, 6) is 8.18. The molecule has 0 N–H and O–H groups in total. The zero-order chi connectivity index (χ0) is 45.3. The zero-order valence-electron chi connectivity index (χ0n) is 40.3. The number of aromatic nitrogens is 4. The summed E-state index contributed by atoms with van der Waals surface area (Å²) in [7, 11) is 0. The summed E-state index contributed by atoms with van der Waals surface area (Å²) in [6.45, 7) is 10.3. The van der Waals surface area contributed by atoms with Crippen LogP contribution in [0.3, 0.4) is 0 Å². The molecule has 4 aliphatic carbocycles. The van der Waals surface area contributed by atoms with Crippen molar-refractivity contribution in [3.8, 4) is 39.9 Å². The van der Waals surface area contributed by atoms with E-state index in [-0.39, 0.29) is 0 Å². The van der Waals surface area contributed by atoms with Crippen LogP contribution in [0.1, 0.15) is 123 Å². The van der Waals surface area contributed by atoms with Crippen LogP contribution in [-0.4, -0.2) is 19.5 Å². The Labute approximate surface area is 398 Å². The van der Waals surface area contributed by atoms with Gasteiger partial charge in [0.05, 0.1) is 16.7 Å². The molecule has 4 saturated carbocycles. The monoisotopic (exact) mass is 881 g/mol. The summed E-state index contributed by atoms with van der Waals surface area (Å²) >= 11 is 0. The molecule has 4 heteroatoms. The first kappa shape index (κ1) is 42.7. The van der Waals surface area contributed by atoms with Gasteiger partial charge in [-0.2, -0.15) is 0 Å². The molecule has 0 amide bonds. The van der Waals surface area contributed by atoms with Gasteiger partial charge in [-0.05, 0) is 152 Å². The normalized spacial score (nSPS) is 27.1. The van der Waals surface area contributed by atoms with Gasteiger partial charge >= 0.3 is 0 Å². The maximum Gasteiger partial charge on any atom is 0.164 e. The lowest BCUT2D eigenvalue weighted by molar-refractivity contribution is -0.114. The molecule has 8 unspecified atom stereocenters. The minimum Gasteiger partial charge on any atom is -0.309 e. The van der Waals surface area contributed by atoms with E-state index < -0.39 is 0 Å². The molecule has 6 aromatic carbocycles. The molecule has 12 rings (SSSR count). The average molecular weight is 881 g/mol. The molecule has 4 fully saturated rings. The first-order valence-electron chi connectivity index (χ1n) is 26.2. The van der Waals surface area contributed by atoms with E-state index in [9.17, 15) is 0 Å². The summed E-state index contributed by atoms with van der Waals surface area (Å²) in [4.78, 5) is 15.7. The molecular weight excluding hydrogens is 813 g/mol. The van der Waals surface area contributed by atoms with Gasteiger partial charge in [-0.1, -0.05) is 162 Å². The van der Waals surface area contributed by atoms with Gasteiger partial charge < -0.3 is 4.57 Å². The summed E-state index contributed by atoms with van der Waals surface area (Å²) < 4.78 is 2.42. The fourth-order valence-corrected chi connectivity index (χ4v) is 15.1. The number of fused-ring (bicyclic) bond motifs is 9. The third-order valence-corrected chi connectivity index (χ3v) is 18.7. The largest absolute Gasteiger partial charge is 0.309 e. The Morgan fingerprint density at radius 1 is 0.552 bits per heavy atom. The van der Waals surface area contributed by atoms with Crippen molar-refractivity contribution < 1.29 is 0 Å². The van der Waals surface area contributed by atoms with Crippen LogP contribution in [0.15, 0.2) is 140 Å². The van der Waals surface area contributed by atoms with E-state index in [1.54, 1.807) is 0 Å². The lowest BCUT2D eigenvalue weighted by Crippen LogP contribution is -2.53. The summed E-state index contributed by atoms with van der Waals surface area (Å²) in [5.41, 5.74) is 9.06. The molecular formula is C63H68N4. The molecule has 2 aromatic heterocycles. The van der Waals surface area contributed by atoms with Crippen LogP contribution in [0.25, 0.3) is 72.4 Å². The predicted octanol–water partition coefficient (Wildman–Crippen LogP) is 17.1. The molecule has 8 atom stereocenters. The van der Waals surface area contributed by atoms with E-state index in [1.165, 1.54) is 116 Å². The van der Waals surface area contributed by atoms with Gasteiger partial charge in [-0.15, -0.1) is 0 Å². The highest BCUT2D eigenvalue weighted by Crippen LogP contribution is 2.68. The number of hydrogen-bond acceptors (Lipinski definition) is 3. The van der Waals surface area contributed by atoms with Crippen LogP contribution in [0.5, 0.6) is 0 Å². The van der Waals surface area contributed by atoms with Gasteiger partial charge in [0.15, 0.2) is 17.5 Å². The maximum absolute atomic E-state index is 5.32. The van der Waals surface area contributed by atoms with Crippen molar-refractivity contribution in [2.45, 2.75) is 117 Å². The van der Waals surface area contributed by atoms with Crippen molar-refractivity contribution in [1.29, 1.82) is 0 Å². The highest BCUT2D eigenvalue weighted by atomic mass is 15.0. The summed E-state index contributed by atoms with van der Waals surface area (Å²) in [6.07, 6.45) is 18.6. The molecule has 4 aliphatic rings. The minimum atomic E-state index is 0.495. The van der Waals surface area contributed by atoms with E-state index >= 15 is 0 Å². The maximum atomic E-state index is 5.32. The topological polar surface area (TPSA) is 43.6 Å². The zero-order valence-corrected chi connectivity index (χ0v) is 40.3. The number of nitrogens with zero attached hydrogens (tertiary/aromatic N) is 4. The molecule has 0 bridgehead atoms. The quantitative estimate of drug-likeness (QED) is 0.129. The van der Waals surface area contributed by atoms with Gasteiger partial charge in [-0.25, -0.2) is 15.0 Å². The van der Waals surface area contributed by atoms with Gasteiger partial charge in [0.25, 0.3) is 0 Å². The number of rotatable bonds is 10. The number of unbranched alkanes of at least 4 members (excludes halogenated alkanes) is 1. The molecule has 0 radical (unpaired) electrons. The van der Waals surface area contributed by atoms with Crippen molar-refractivity contribution in [1.82, 2.24) is 19.5 Å². The van der Waals surface area contributed by atoms with Crippen molar-refractivity contribution in [2.75, 3.05) is 0 Å². The highest BCUT2D eigenvalue weighted by molar-refractivity contribution is 6.10. The predicted molar refractivity (Wildman–Crippen MR) is 279 cm³/mol. The first-order valence-corrected chi connectivity index (χ1v) is 26.2. The second-order valence-corrected chi connectivity index (χ2v) is 22.5. The average Bonchev–Trinajstić information content (AvgIpc) is 3.89. The molecule has 2 heterocycles. The Hall–Kier alpha value is -5.61. The van der Waals surface area contributed by atoms with E-state index in [1.807, 2.05) is 0 Å². The van der Waals surface area contributed by atoms with Crippen LogP contribution >= 0.6 is 0 Å². The third-order valence-electron chi connectivity index (χ3n) is 18.7. The molecule has 340 valence electrons. The third kappa shape index (κ3) is 7.44. The Kier molecular flexibility index (Phi) is 10.9. The second kappa shape index (κ2) is 17.2. The van der Waals surface area contributed by atoms with E-state index in [0.717, 1.165) is 63.3 Å². The molecule has 0 aliphatic heterocycles. The van der Waals surface area contributed by atoms with E-state index in [0.29, 0.717) is 34.2 Å². The van der Waals surface area contributed by atoms with Crippen molar-refractivity contribution in [2.24, 2.45) is 46.3 Å². The Morgan fingerprint density at radius 3 is 1.88 bits per heavy atom. The number of hydrogen-bond donors (Lipinski definition) is 0. The van der Waals surface area contributed by atoms with Gasteiger partial charge in [0, 0.05) is 32.8 Å². The summed E-state index contributed by atoms with van der Waals surface area (Å²) in [5, 5.41) is 4.83. The smallest absolute Gasteiger partial charge is 0.164 e. The van der Waals surface area contributed by atoms with Gasteiger partial charge in [0.1, 0.15) is 0 Å². The van der Waals surface area contributed by atoms with Crippen LogP contribution in [-0.2, 0) is 0 Å². The molecule has 0 saturated heterocycles.